The first-order valence-electron chi connectivity index (χ1n) is 8.85. The minimum absolute atomic E-state index is 0.0472. The number of nitrogens with zero attached hydrogens (tertiary/aromatic N) is 2. The van der Waals surface area contributed by atoms with Crippen molar-refractivity contribution < 1.29 is 9.53 Å². The summed E-state index contributed by atoms with van der Waals surface area (Å²) in [7, 11) is 0. The van der Waals surface area contributed by atoms with Crippen LogP contribution in [0.5, 0.6) is 5.75 Å². The zero-order valence-electron chi connectivity index (χ0n) is 13.7. The maximum absolute atomic E-state index is 12.0. The lowest BCUT2D eigenvalue weighted by Crippen LogP contribution is -2.52. The Hall–Kier alpha value is -1.90. The van der Waals surface area contributed by atoms with E-state index in [2.05, 4.69) is 11.0 Å². The van der Waals surface area contributed by atoms with Gasteiger partial charge in [0.1, 0.15) is 17.6 Å². The fraction of sp³-hybridized carbons (Fsp3) is 0.579. The van der Waals surface area contributed by atoms with E-state index in [0.29, 0.717) is 23.7 Å². The minimum atomic E-state index is 0.0472. The highest BCUT2D eigenvalue weighted by molar-refractivity contribution is 5.88. The maximum atomic E-state index is 12.0. The average molecular weight is 325 g/mol. The molecule has 1 aliphatic heterocycles. The van der Waals surface area contributed by atoms with E-state index in [4.69, 9.17) is 15.7 Å². The first-order chi connectivity index (χ1) is 11.7. The molecule has 2 N–H and O–H groups in total. The van der Waals surface area contributed by atoms with Crippen molar-refractivity contribution >= 4 is 5.78 Å². The van der Waals surface area contributed by atoms with Crippen molar-refractivity contribution in [2.75, 3.05) is 13.1 Å². The molecular formula is C19H23N3O2. The lowest BCUT2D eigenvalue weighted by Gasteiger charge is -2.39. The smallest absolute Gasteiger partial charge is 0.136 e. The Morgan fingerprint density at radius 1 is 1.29 bits per heavy atom. The van der Waals surface area contributed by atoms with Crippen LogP contribution in [0.2, 0.25) is 0 Å². The van der Waals surface area contributed by atoms with Gasteiger partial charge < -0.3 is 10.5 Å². The molecule has 3 aliphatic rings. The van der Waals surface area contributed by atoms with Crippen LogP contribution in [-0.4, -0.2) is 42.0 Å². The van der Waals surface area contributed by atoms with Gasteiger partial charge in [0.05, 0.1) is 11.6 Å². The van der Waals surface area contributed by atoms with Crippen LogP contribution >= 0.6 is 0 Å². The van der Waals surface area contributed by atoms with Crippen LogP contribution < -0.4 is 10.5 Å². The predicted octanol–water partition coefficient (Wildman–Crippen LogP) is 1.71. The summed E-state index contributed by atoms with van der Waals surface area (Å²) in [4.78, 5) is 14.4. The van der Waals surface area contributed by atoms with Crippen LogP contribution in [0.1, 0.15) is 31.2 Å². The number of benzene rings is 1. The van der Waals surface area contributed by atoms with Gasteiger partial charge in [-0.2, -0.15) is 5.26 Å². The van der Waals surface area contributed by atoms with Crippen LogP contribution in [0.25, 0.3) is 0 Å². The van der Waals surface area contributed by atoms with Crippen LogP contribution in [0.3, 0.4) is 0 Å². The molecule has 0 amide bonds. The number of carbonyl (C=O) groups excluding carboxylic acids is 1. The molecular weight excluding hydrogens is 302 g/mol. The molecule has 0 unspecified atom stereocenters. The van der Waals surface area contributed by atoms with E-state index in [0.717, 1.165) is 38.1 Å². The van der Waals surface area contributed by atoms with E-state index in [9.17, 15) is 4.79 Å². The molecule has 0 spiro atoms. The van der Waals surface area contributed by atoms with E-state index in [-0.39, 0.29) is 24.1 Å². The molecule has 5 atom stereocenters. The second-order valence-corrected chi connectivity index (χ2v) is 7.36. The van der Waals surface area contributed by atoms with E-state index in [1.165, 1.54) is 0 Å². The van der Waals surface area contributed by atoms with Crippen LogP contribution in [0, 0.1) is 23.2 Å². The topological polar surface area (TPSA) is 79.3 Å². The lowest BCUT2D eigenvalue weighted by molar-refractivity contribution is -0.134. The molecule has 1 heterocycles. The van der Waals surface area contributed by atoms with Gasteiger partial charge >= 0.3 is 0 Å². The number of piperidine rings is 1. The quantitative estimate of drug-likeness (QED) is 0.915. The van der Waals surface area contributed by atoms with Gasteiger partial charge in [0.2, 0.25) is 0 Å². The largest absolute Gasteiger partial charge is 0.488 e. The van der Waals surface area contributed by atoms with Crippen LogP contribution in [-0.2, 0) is 4.79 Å². The average Bonchev–Trinajstić information content (AvgIpc) is 2.88. The first-order valence-corrected chi connectivity index (χ1v) is 8.85. The number of hydrogen-bond acceptors (Lipinski definition) is 5. The van der Waals surface area contributed by atoms with Crippen molar-refractivity contribution in [2.45, 2.75) is 43.9 Å². The van der Waals surface area contributed by atoms with Crippen molar-refractivity contribution in [1.82, 2.24) is 4.90 Å². The molecule has 126 valence electrons. The van der Waals surface area contributed by atoms with Gasteiger partial charge in [-0.15, -0.1) is 0 Å². The molecule has 5 heteroatoms. The monoisotopic (exact) mass is 325 g/mol. The molecule has 1 saturated heterocycles. The number of carbonyl (C=O) groups is 1. The number of nitrogens with two attached hydrogens (primary N) is 1. The molecule has 0 aromatic heterocycles. The number of fused-ring (bicyclic) bond motifs is 1. The normalized spacial score (nSPS) is 35.8. The lowest BCUT2D eigenvalue weighted by atomic mass is 9.74. The number of ketones is 1. The molecule has 2 aliphatic carbocycles. The Kier molecular flexibility index (Phi) is 4.03. The summed E-state index contributed by atoms with van der Waals surface area (Å²) in [6.07, 6.45) is 3.78. The molecule has 2 saturated carbocycles. The Morgan fingerprint density at radius 2 is 2.08 bits per heavy atom. The zero-order valence-corrected chi connectivity index (χ0v) is 13.7. The molecule has 1 aromatic rings. The van der Waals surface area contributed by atoms with E-state index >= 15 is 0 Å². The Morgan fingerprint density at radius 3 is 2.75 bits per heavy atom. The number of hydrogen-bond donors (Lipinski definition) is 1. The summed E-state index contributed by atoms with van der Waals surface area (Å²) in [6, 6.07) is 9.88. The third kappa shape index (κ3) is 2.70. The van der Waals surface area contributed by atoms with Gasteiger partial charge in [0.25, 0.3) is 0 Å². The first kappa shape index (κ1) is 15.6. The van der Waals surface area contributed by atoms with Crippen LogP contribution in [0.15, 0.2) is 24.3 Å². The van der Waals surface area contributed by atoms with Gasteiger partial charge in [0.15, 0.2) is 0 Å². The van der Waals surface area contributed by atoms with Gasteiger partial charge in [0, 0.05) is 36.9 Å². The van der Waals surface area contributed by atoms with Crippen molar-refractivity contribution in [3.05, 3.63) is 29.8 Å². The summed E-state index contributed by atoms with van der Waals surface area (Å²) < 4.78 is 6.31. The van der Waals surface area contributed by atoms with Crippen molar-refractivity contribution in [2.24, 2.45) is 17.6 Å². The standard InChI is InChI=1S/C19H23N3O2/c20-10-12-3-5-14(6-4-12)24-19-16-9-18(23)15(16)8-17(19)22-7-1-2-13(21)11-22/h3-6,13,15-17,19H,1-2,7-9,11,21H2/t13-,15-,16-,17-,19-/m1/s1. The number of rotatable bonds is 3. The zero-order chi connectivity index (χ0) is 16.7. The molecule has 1 aromatic carbocycles. The summed E-state index contributed by atoms with van der Waals surface area (Å²) in [5.74, 6) is 1.66. The van der Waals surface area contributed by atoms with Gasteiger partial charge in [-0.3, -0.25) is 9.69 Å². The van der Waals surface area contributed by atoms with E-state index in [1.807, 2.05) is 12.1 Å². The Labute approximate surface area is 142 Å². The van der Waals surface area contributed by atoms with Crippen molar-refractivity contribution in [3.63, 3.8) is 0 Å². The molecule has 0 radical (unpaired) electrons. The minimum Gasteiger partial charge on any atom is -0.488 e. The maximum Gasteiger partial charge on any atom is 0.136 e. The number of likely N-dealkylation sites (tertiary alicyclic amines) is 1. The van der Waals surface area contributed by atoms with Crippen LogP contribution in [0.4, 0.5) is 0 Å². The second kappa shape index (κ2) is 6.19. The SMILES string of the molecule is N#Cc1ccc(O[C@@H]2[C@@H]3CC(=O)[C@@H]3C[C@H]2N2CCC[C@@H](N)C2)cc1. The molecule has 0 bridgehead atoms. The number of Topliss-reactive ketones (excluding diaryl/α,β-unsaturated/α-hetero) is 1. The van der Waals surface area contributed by atoms with Gasteiger partial charge in [-0.1, -0.05) is 0 Å². The molecule has 5 nitrogen and oxygen atoms in total. The van der Waals surface area contributed by atoms with Crippen molar-refractivity contribution in [3.8, 4) is 11.8 Å². The van der Waals surface area contributed by atoms with E-state index < -0.39 is 0 Å². The highest BCUT2D eigenvalue weighted by Crippen LogP contribution is 2.48. The highest BCUT2D eigenvalue weighted by atomic mass is 16.5. The number of ether oxygens (including phenoxy) is 1. The van der Waals surface area contributed by atoms with Gasteiger partial charge in [-0.25, -0.2) is 0 Å². The summed E-state index contributed by atoms with van der Waals surface area (Å²) in [5.41, 5.74) is 6.78. The third-order valence-corrected chi connectivity index (χ3v) is 5.88. The summed E-state index contributed by atoms with van der Waals surface area (Å²) in [6.45, 7) is 1.94. The Balaban J connectivity index is 1.53. The highest BCUT2D eigenvalue weighted by Gasteiger charge is 2.56. The Bertz CT molecular complexity index is 666. The fourth-order valence-corrected chi connectivity index (χ4v) is 4.56. The molecule has 3 fully saturated rings. The molecule has 4 rings (SSSR count). The van der Waals surface area contributed by atoms with Gasteiger partial charge in [-0.05, 0) is 50.1 Å². The number of nitriles is 1. The van der Waals surface area contributed by atoms with Crippen molar-refractivity contribution in [1.29, 1.82) is 5.26 Å². The fourth-order valence-electron chi connectivity index (χ4n) is 4.56. The third-order valence-electron chi connectivity index (χ3n) is 5.88. The predicted molar refractivity (Wildman–Crippen MR) is 89.4 cm³/mol. The molecule has 24 heavy (non-hydrogen) atoms. The summed E-state index contributed by atoms with van der Waals surface area (Å²) in [5, 5.41) is 8.92. The summed E-state index contributed by atoms with van der Waals surface area (Å²) >= 11 is 0. The van der Waals surface area contributed by atoms with E-state index in [1.54, 1.807) is 12.1 Å². The second-order valence-electron chi connectivity index (χ2n) is 7.36.